The minimum absolute atomic E-state index is 0.0221. The number of thiazole rings is 1. The average Bonchev–Trinajstić information content (AvgIpc) is 3.24. The minimum atomic E-state index is -4.54. The van der Waals surface area contributed by atoms with Gasteiger partial charge in [0.2, 0.25) is 12.0 Å². The zero-order valence-electron chi connectivity index (χ0n) is 16.2. The lowest BCUT2D eigenvalue weighted by atomic mass is 10.1. The number of carboxylic acids is 1. The highest BCUT2D eigenvalue weighted by Gasteiger charge is 2.52. The molecular formula is C19H15F4N5O3S. The van der Waals surface area contributed by atoms with Gasteiger partial charge in [-0.25, -0.2) is 14.2 Å². The van der Waals surface area contributed by atoms with Crippen LogP contribution in [0.2, 0.25) is 0 Å². The molecular weight excluding hydrogens is 454 g/mol. The Balaban J connectivity index is 1.76. The number of hydrogen-bond donors (Lipinski definition) is 4. The van der Waals surface area contributed by atoms with Crippen molar-refractivity contribution in [1.29, 1.82) is 0 Å². The third-order valence-electron chi connectivity index (χ3n) is 5.09. The van der Waals surface area contributed by atoms with Crippen LogP contribution in [0.3, 0.4) is 0 Å². The minimum Gasteiger partial charge on any atom is -0.478 e. The Bertz CT molecular complexity index is 1250. The molecule has 4 rings (SSSR count). The number of carboxylic acid groups (broad SMARTS) is 1. The quantitative estimate of drug-likeness (QED) is 0.423. The van der Waals surface area contributed by atoms with Crippen LogP contribution in [0.25, 0.3) is 10.2 Å². The van der Waals surface area contributed by atoms with Crippen LogP contribution in [0.15, 0.2) is 36.4 Å². The van der Waals surface area contributed by atoms with Crippen LogP contribution in [0.1, 0.15) is 15.9 Å². The molecule has 2 atom stereocenters. The van der Waals surface area contributed by atoms with E-state index >= 15 is 4.39 Å². The van der Waals surface area contributed by atoms with Crippen molar-refractivity contribution in [2.75, 3.05) is 22.6 Å². The zero-order chi connectivity index (χ0) is 23.4. The summed E-state index contributed by atoms with van der Waals surface area (Å²) in [6, 6.07) is 6.99. The maximum atomic E-state index is 15.2. The summed E-state index contributed by atoms with van der Waals surface area (Å²) in [5.74, 6) is -4.52. The lowest BCUT2D eigenvalue weighted by molar-refractivity contribution is -0.137. The number of fused-ring (bicyclic) bond motifs is 2. The van der Waals surface area contributed by atoms with Gasteiger partial charge in [0.25, 0.3) is 5.91 Å². The first kappa shape index (κ1) is 21.6. The first-order valence-electron chi connectivity index (χ1n) is 9.01. The van der Waals surface area contributed by atoms with Gasteiger partial charge in [-0.15, -0.1) is 0 Å². The highest BCUT2D eigenvalue weighted by atomic mass is 32.1. The topological polar surface area (TPSA) is 121 Å². The van der Waals surface area contributed by atoms with Crippen molar-refractivity contribution >= 4 is 49.9 Å². The number of alkyl halides is 4. The molecule has 5 N–H and O–H groups in total. The van der Waals surface area contributed by atoms with E-state index in [-0.39, 0.29) is 26.6 Å². The number of aromatic nitrogens is 1. The van der Waals surface area contributed by atoms with Crippen LogP contribution >= 0.6 is 11.3 Å². The number of primary amides is 1. The number of amides is 1. The van der Waals surface area contributed by atoms with E-state index in [1.165, 1.54) is 36.2 Å². The fraction of sp³-hybridized carbons (Fsp3) is 0.211. The van der Waals surface area contributed by atoms with Crippen molar-refractivity contribution in [2.45, 2.75) is 18.1 Å². The van der Waals surface area contributed by atoms with Gasteiger partial charge < -0.3 is 26.4 Å². The molecule has 1 amide bonds. The summed E-state index contributed by atoms with van der Waals surface area (Å²) < 4.78 is 54.4. The van der Waals surface area contributed by atoms with E-state index in [1.54, 1.807) is 0 Å². The number of nitrogens with zero attached hydrogens (tertiary/aromatic N) is 2. The Morgan fingerprint density at radius 3 is 2.62 bits per heavy atom. The molecule has 1 aliphatic heterocycles. The second-order valence-electron chi connectivity index (χ2n) is 7.08. The van der Waals surface area contributed by atoms with Gasteiger partial charge in [0.05, 0.1) is 32.7 Å². The Hall–Kier alpha value is -3.61. The first-order valence-corrected chi connectivity index (χ1v) is 9.83. The van der Waals surface area contributed by atoms with E-state index < -0.39 is 35.6 Å². The Morgan fingerprint density at radius 1 is 1.28 bits per heavy atom. The van der Waals surface area contributed by atoms with Crippen molar-refractivity contribution in [1.82, 2.24) is 4.98 Å². The van der Waals surface area contributed by atoms with Gasteiger partial charge in [0.1, 0.15) is 0 Å². The van der Waals surface area contributed by atoms with Crippen molar-refractivity contribution < 1.29 is 32.3 Å². The number of carbonyl (C=O) groups is 2. The number of aromatic carboxylic acids is 1. The fourth-order valence-electron chi connectivity index (χ4n) is 3.48. The number of halogens is 4. The number of benzene rings is 2. The second kappa shape index (κ2) is 7.22. The number of rotatable bonds is 5. The van der Waals surface area contributed by atoms with Crippen molar-refractivity contribution in [3.63, 3.8) is 0 Å². The first-order chi connectivity index (χ1) is 14.9. The highest BCUT2D eigenvalue weighted by Crippen LogP contribution is 2.43. The molecule has 3 aromatic rings. The lowest BCUT2D eigenvalue weighted by Gasteiger charge is -2.39. The Kier molecular flexibility index (Phi) is 4.88. The summed E-state index contributed by atoms with van der Waals surface area (Å²) in [5, 5.41) is 14.7. The number of carbonyl (C=O) groups excluding carboxylic acids is 1. The zero-order valence-corrected chi connectivity index (χ0v) is 17.0. The van der Waals surface area contributed by atoms with Gasteiger partial charge in [-0.2, -0.15) is 13.2 Å². The largest absolute Gasteiger partial charge is 0.478 e. The molecule has 1 aromatic heterocycles. The van der Waals surface area contributed by atoms with Crippen LogP contribution in [0, 0.1) is 0 Å². The van der Waals surface area contributed by atoms with Gasteiger partial charge >= 0.3 is 12.1 Å². The molecule has 2 heterocycles. The lowest BCUT2D eigenvalue weighted by Crippen LogP contribution is -2.65. The summed E-state index contributed by atoms with van der Waals surface area (Å²) in [5.41, 5.74) is 5.10. The molecule has 13 heteroatoms. The third-order valence-corrected chi connectivity index (χ3v) is 6.02. The molecule has 2 aromatic carbocycles. The number of nitrogens with two attached hydrogens (primary N) is 1. The molecule has 168 valence electrons. The smallest absolute Gasteiger partial charge is 0.416 e. The molecule has 0 radical (unpaired) electrons. The van der Waals surface area contributed by atoms with E-state index in [2.05, 4.69) is 15.6 Å². The van der Waals surface area contributed by atoms with Crippen LogP contribution in [-0.2, 0) is 11.0 Å². The molecule has 0 saturated carbocycles. The highest BCUT2D eigenvalue weighted by molar-refractivity contribution is 7.22. The number of anilines is 3. The summed E-state index contributed by atoms with van der Waals surface area (Å²) in [7, 11) is 1.44. The third kappa shape index (κ3) is 3.43. The molecule has 0 saturated heterocycles. The van der Waals surface area contributed by atoms with Crippen LogP contribution in [0.5, 0.6) is 0 Å². The standard InChI is InChI=1S/C19H15F4N5O3S/c1-28-12-5-2-8(16(30)31)6-11(12)26-19(28,14(20)15(24)29)27-17-25-10-4-3-9(18(21,22)23)7-13(10)32-17/h2-7,14,26H,1H3,(H2,24,29)(H,25,27)(H,30,31). The monoisotopic (exact) mass is 469 g/mol. The summed E-state index contributed by atoms with van der Waals surface area (Å²) >= 11 is 0.829. The number of nitrogens with one attached hydrogen (secondary N) is 2. The molecule has 0 fully saturated rings. The Morgan fingerprint density at radius 2 is 2.00 bits per heavy atom. The van der Waals surface area contributed by atoms with E-state index in [4.69, 9.17) is 5.73 Å². The van der Waals surface area contributed by atoms with Crippen LogP contribution < -0.4 is 21.3 Å². The van der Waals surface area contributed by atoms with E-state index in [0.717, 1.165) is 23.5 Å². The molecule has 2 unspecified atom stereocenters. The maximum absolute atomic E-state index is 15.2. The molecule has 1 aliphatic rings. The van der Waals surface area contributed by atoms with Gasteiger partial charge in [-0.05, 0) is 36.4 Å². The molecule has 32 heavy (non-hydrogen) atoms. The van der Waals surface area contributed by atoms with E-state index in [0.29, 0.717) is 5.69 Å². The summed E-state index contributed by atoms with van der Waals surface area (Å²) in [4.78, 5) is 28.6. The van der Waals surface area contributed by atoms with Gasteiger partial charge in [0, 0.05) is 7.05 Å². The van der Waals surface area contributed by atoms with Crippen LogP contribution in [0.4, 0.5) is 34.1 Å². The predicted octanol–water partition coefficient (Wildman–Crippen LogP) is 3.46. The average molecular weight is 469 g/mol. The fourth-order valence-corrected chi connectivity index (χ4v) is 4.44. The molecule has 0 aliphatic carbocycles. The predicted molar refractivity (Wildman–Crippen MR) is 110 cm³/mol. The van der Waals surface area contributed by atoms with Gasteiger partial charge in [0.15, 0.2) is 5.13 Å². The molecule has 8 nitrogen and oxygen atoms in total. The maximum Gasteiger partial charge on any atom is 0.416 e. The normalized spacial score (nSPS) is 18.8. The van der Waals surface area contributed by atoms with E-state index in [1.807, 2.05) is 0 Å². The van der Waals surface area contributed by atoms with Crippen molar-refractivity contribution in [2.24, 2.45) is 5.73 Å². The van der Waals surface area contributed by atoms with Crippen LogP contribution in [-0.4, -0.2) is 41.0 Å². The second-order valence-corrected chi connectivity index (χ2v) is 8.11. The van der Waals surface area contributed by atoms with Crippen molar-refractivity contribution in [3.8, 4) is 0 Å². The summed E-state index contributed by atoms with van der Waals surface area (Å²) in [6.45, 7) is 0. The SMILES string of the molecule is CN1c2ccc(C(=O)O)cc2NC1(Nc1nc2ccc(C(F)(F)F)cc2s1)C(F)C(N)=O. The Labute approximate surface area is 181 Å². The van der Waals surface area contributed by atoms with E-state index in [9.17, 15) is 27.9 Å². The summed E-state index contributed by atoms with van der Waals surface area (Å²) in [6.07, 6.45) is -6.90. The molecule has 0 spiro atoms. The van der Waals surface area contributed by atoms with Gasteiger partial charge in [-0.3, -0.25) is 4.79 Å². The van der Waals surface area contributed by atoms with Crippen molar-refractivity contribution in [3.05, 3.63) is 47.5 Å². The molecule has 0 bridgehead atoms. The van der Waals surface area contributed by atoms with Gasteiger partial charge in [-0.1, -0.05) is 11.3 Å². The number of hydrogen-bond acceptors (Lipinski definition) is 7.